The molecule has 2 rings (SSSR count). The van der Waals surface area contributed by atoms with E-state index >= 15 is 0 Å². The van der Waals surface area contributed by atoms with Gasteiger partial charge in [0.05, 0.1) is 5.54 Å². The number of carbonyl (C=O) groups excluding carboxylic acids is 1. The third-order valence-electron chi connectivity index (χ3n) is 3.92. The summed E-state index contributed by atoms with van der Waals surface area (Å²) in [6.07, 6.45) is 6.84. The average Bonchev–Trinajstić information content (AvgIpc) is 3.18. The zero-order valence-electron chi connectivity index (χ0n) is 11.5. The van der Waals surface area contributed by atoms with Crippen molar-refractivity contribution in [1.82, 2.24) is 10.6 Å². The molecule has 0 aromatic carbocycles. The molecular weight excluding hydrogens is 228 g/mol. The molecule has 1 aliphatic carbocycles. The zero-order chi connectivity index (χ0) is 12.8. The molecule has 18 heavy (non-hydrogen) atoms. The van der Waals surface area contributed by atoms with E-state index in [0.29, 0.717) is 0 Å². The van der Waals surface area contributed by atoms with Gasteiger partial charge in [-0.15, -0.1) is 0 Å². The smallest absolute Gasteiger partial charge is 0.240 e. The molecule has 1 saturated heterocycles. The largest absolute Gasteiger partial charge is 0.381 e. The van der Waals surface area contributed by atoms with Crippen LogP contribution >= 0.6 is 0 Å². The molecule has 1 aliphatic heterocycles. The number of rotatable bonds is 7. The highest BCUT2D eigenvalue weighted by atomic mass is 16.5. The van der Waals surface area contributed by atoms with Crippen molar-refractivity contribution in [1.29, 1.82) is 0 Å². The van der Waals surface area contributed by atoms with Crippen LogP contribution in [0.3, 0.4) is 0 Å². The van der Waals surface area contributed by atoms with Gasteiger partial charge in [0.15, 0.2) is 0 Å². The highest BCUT2D eigenvalue weighted by molar-refractivity contribution is 5.85. The van der Waals surface area contributed by atoms with E-state index < -0.39 is 0 Å². The van der Waals surface area contributed by atoms with Gasteiger partial charge in [0.25, 0.3) is 0 Å². The van der Waals surface area contributed by atoms with Crippen LogP contribution in [0.15, 0.2) is 0 Å². The SMILES string of the molecule is CC1(C(=O)NCCCOCC2CC2)CCCCN1. The van der Waals surface area contributed by atoms with Gasteiger partial charge in [-0.05, 0) is 57.9 Å². The van der Waals surface area contributed by atoms with Crippen LogP contribution in [0.4, 0.5) is 0 Å². The fourth-order valence-corrected chi connectivity index (χ4v) is 2.36. The van der Waals surface area contributed by atoms with Crippen LogP contribution in [0, 0.1) is 5.92 Å². The second-order valence-corrected chi connectivity index (χ2v) is 5.84. The lowest BCUT2D eigenvalue weighted by Crippen LogP contribution is -2.57. The van der Waals surface area contributed by atoms with Crippen LogP contribution in [0.2, 0.25) is 0 Å². The summed E-state index contributed by atoms with van der Waals surface area (Å²) >= 11 is 0. The molecule has 0 spiro atoms. The second kappa shape index (κ2) is 6.53. The van der Waals surface area contributed by atoms with Crippen molar-refractivity contribution in [2.45, 2.75) is 51.0 Å². The monoisotopic (exact) mass is 254 g/mol. The van der Waals surface area contributed by atoms with Gasteiger partial charge in [0.2, 0.25) is 5.91 Å². The standard InChI is InChI=1S/C14H26N2O2/c1-14(7-2-3-9-16-14)13(17)15-8-4-10-18-11-12-5-6-12/h12,16H,2-11H2,1H3,(H,15,17). The van der Waals surface area contributed by atoms with Gasteiger partial charge in [-0.1, -0.05) is 0 Å². The van der Waals surface area contributed by atoms with Crippen LogP contribution in [0.25, 0.3) is 0 Å². The molecule has 2 fully saturated rings. The number of ether oxygens (including phenoxy) is 1. The normalized spacial score (nSPS) is 28.1. The molecule has 0 bridgehead atoms. The summed E-state index contributed by atoms with van der Waals surface area (Å²) in [5.74, 6) is 0.967. The molecule has 4 heteroatoms. The van der Waals surface area contributed by atoms with Crippen molar-refractivity contribution < 1.29 is 9.53 Å². The summed E-state index contributed by atoms with van der Waals surface area (Å²) in [7, 11) is 0. The Hall–Kier alpha value is -0.610. The molecular formula is C14H26N2O2. The number of hydrogen-bond donors (Lipinski definition) is 2. The zero-order valence-corrected chi connectivity index (χ0v) is 11.5. The van der Waals surface area contributed by atoms with Gasteiger partial charge in [-0.2, -0.15) is 0 Å². The fraction of sp³-hybridized carbons (Fsp3) is 0.929. The summed E-state index contributed by atoms with van der Waals surface area (Å²) in [5, 5.41) is 6.34. The van der Waals surface area contributed by atoms with E-state index in [1.54, 1.807) is 0 Å². The summed E-state index contributed by atoms with van der Waals surface area (Å²) in [4.78, 5) is 12.1. The third kappa shape index (κ3) is 4.25. The lowest BCUT2D eigenvalue weighted by molar-refractivity contribution is -0.127. The number of hydrogen-bond acceptors (Lipinski definition) is 3. The van der Waals surface area contributed by atoms with E-state index in [1.807, 2.05) is 6.92 Å². The van der Waals surface area contributed by atoms with Gasteiger partial charge in [-0.25, -0.2) is 0 Å². The predicted octanol–water partition coefficient (Wildman–Crippen LogP) is 1.45. The van der Waals surface area contributed by atoms with E-state index in [1.165, 1.54) is 19.3 Å². The van der Waals surface area contributed by atoms with Crippen molar-refractivity contribution in [3.05, 3.63) is 0 Å². The summed E-state index contributed by atoms with van der Waals surface area (Å²) in [6.45, 7) is 5.36. The molecule has 0 radical (unpaired) electrons. The van der Waals surface area contributed by atoms with Gasteiger partial charge in [-0.3, -0.25) is 4.79 Å². The van der Waals surface area contributed by atoms with Gasteiger partial charge < -0.3 is 15.4 Å². The summed E-state index contributed by atoms with van der Waals surface area (Å²) in [5.41, 5.74) is -0.354. The van der Waals surface area contributed by atoms with Gasteiger partial charge >= 0.3 is 0 Å². The minimum Gasteiger partial charge on any atom is -0.381 e. The van der Waals surface area contributed by atoms with E-state index in [4.69, 9.17) is 4.74 Å². The lowest BCUT2D eigenvalue weighted by atomic mass is 9.90. The minimum absolute atomic E-state index is 0.143. The van der Waals surface area contributed by atoms with Crippen molar-refractivity contribution in [2.24, 2.45) is 5.92 Å². The van der Waals surface area contributed by atoms with Crippen LogP contribution in [0.5, 0.6) is 0 Å². The molecule has 1 atom stereocenters. The van der Waals surface area contributed by atoms with Crippen LogP contribution in [-0.2, 0) is 9.53 Å². The topological polar surface area (TPSA) is 50.4 Å². The van der Waals surface area contributed by atoms with Crippen LogP contribution in [-0.4, -0.2) is 37.7 Å². The fourth-order valence-electron chi connectivity index (χ4n) is 2.36. The molecule has 104 valence electrons. The van der Waals surface area contributed by atoms with E-state index in [-0.39, 0.29) is 11.4 Å². The van der Waals surface area contributed by atoms with E-state index in [2.05, 4.69) is 10.6 Å². The first-order valence-electron chi connectivity index (χ1n) is 7.32. The Kier molecular flexibility index (Phi) is 5.01. The maximum Gasteiger partial charge on any atom is 0.240 e. The molecule has 4 nitrogen and oxygen atoms in total. The molecule has 1 amide bonds. The Morgan fingerprint density at radius 2 is 2.28 bits per heavy atom. The van der Waals surface area contributed by atoms with Crippen molar-refractivity contribution in [3.8, 4) is 0 Å². The van der Waals surface area contributed by atoms with Crippen LogP contribution in [0.1, 0.15) is 45.4 Å². The maximum atomic E-state index is 12.1. The average molecular weight is 254 g/mol. The quantitative estimate of drug-likeness (QED) is 0.676. The molecule has 1 unspecified atom stereocenters. The highest BCUT2D eigenvalue weighted by Gasteiger charge is 2.33. The third-order valence-corrected chi connectivity index (χ3v) is 3.92. The second-order valence-electron chi connectivity index (χ2n) is 5.84. The Labute approximate surface area is 110 Å². The molecule has 1 saturated carbocycles. The molecule has 0 aromatic rings. The number of piperidine rings is 1. The highest BCUT2D eigenvalue weighted by Crippen LogP contribution is 2.28. The predicted molar refractivity (Wildman–Crippen MR) is 71.4 cm³/mol. The number of nitrogens with one attached hydrogen (secondary N) is 2. The lowest BCUT2D eigenvalue weighted by Gasteiger charge is -2.33. The molecule has 1 heterocycles. The van der Waals surface area contributed by atoms with Gasteiger partial charge in [0, 0.05) is 19.8 Å². The van der Waals surface area contributed by atoms with Crippen LogP contribution < -0.4 is 10.6 Å². The van der Waals surface area contributed by atoms with E-state index in [0.717, 1.165) is 51.5 Å². The number of amides is 1. The Morgan fingerprint density at radius 3 is 2.94 bits per heavy atom. The Morgan fingerprint density at radius 1 is 1.44 bits per heavy atom. The first-order valence-corrected chi connectivity index (χ1v) is 7.32. The Balaban J connectivity index is 1.53. The molecule has 0 aromatic heterocycles. The molecule has 2 aliphatic rings. The maximum absolute atomic E-state index is 12.1. The summed E-state index contributed by atoms with van der Waals surface area (Å²) < 4.78 is 5.54. The Bertz CT molecular complexity index is 271. The van der Waals surface area contributed by atoms with Gasteiger partial charge in [0.1, 0.15) is 0 Å². The molecule has 2 N–H and O–H groups in total. The summed E-state index contributed by atoms with van der Waals surface area (Å²) in [6, 6.07) is 0. The first kappa shape index (κ1) is 13.8. The first-order chi connectivity index (χ1) is 8.71. The van der Waals surface area contributed by atoms with Crippen molar-refractivity contribution in [3.63, 3.8) is 0 Å². The van der Waals surface area contributed by atoms with Crippen molar-refractivity contribution >= 4 is 5.91 Å². The van der Waals surface area contributed by atoms with E-state index in [9.17, 15) is 4.79 Å². The minimum atomic E-state index is -0.354. The van der Waals surface area contributed by atoms with Crippen molar-refractivity contribution in [2.75, 3.05) is 26.3 Å². The number of carbonyl (C=O) groups is 1.